The van der Waals surface area contributed by atoms with E-state index in [1.165, 1.54) is 48.8 Å². The van der Waals surface area contributed by atoms with Crippen molar-refractivity contribution in [2.45, 2.75) is 118 Å². The molecular weight excluding hydrogens is 403 g/mol. The normalized spacial score (nSPS) is 23.5. The van der Waals surface area contributed by atoms with Gasteiger partial charge in [-0.3, -0.25) is 0 Å². The lowest BCUT2D eigenvalue weighted by molar-refractivity contribution is 0.00792. The minimum atomic E-state index is -1.33. The Bertz CT molecular complexity index is 652. The van der Waals surface area contributed by atoms with Crippen LogP contribution in [0.5, 0.6) is 5.75 Å². The van der Waals surface area contributed by atoms with E-state index in [4.69, 9.17) is 13.6 Å². The fourth-order valence-corrected chi connectivity index (χ4v) is 5.48. The molecule has 2 rings (SSSR count). The molecule has 0 aromatic heterocycles. The van der Waals surface area contributed by atoms with Gasteiger partial charge in [-0.25, -0.2) is 0 Å². The standard InChI is InChI=1S/C27H47O3P/c1-8-13-15-23-17-24(21(6)10-3)18-25(22(7)11-4)26(23)30-31-28-19-27(12-5,20-29-31)16-14-9-2/h17-18,21-22H,8-16,19-20H2,1-7H3. The van der Waals surface area contributed by atoms with E-state index in [9.17, 15) is 0 Å². The number of rotatable bonds is 13. The molecule has 1 aromatic carbocycles. The molecule has 0 N–H and O–H groups in total. The third kappa shape index (κ3) is 7.18. The highest BCUT2D eigenvalue weighted by Gasteiger charge is 2.37. The quantitative estimate of drug-likeness (QED) is 0.280. The van der Waals surface area contributed by atoms with Gasteiger partial charge < -0.3 is 13.6 Å². The second-order valence-corrected chi connectivity index (χ2v) is 10.8. The second kappa shape index (κ2) is 13.2. The van der Waals surface area contributed by atoms with Gasteiger partial charge in [0.05, 0.1) is 13.2 Å². The van der Waals surface area contributed by atoms with Gasteiger partial charge in [0, 0.05) is 5.41 Å². The van der Waals surface area contributed by atoms with Gasteiger partial charge in [0.1, 0.15) is 5.75 Å². The van der Waals surface area contributed by atoms with E-state index in [0.29, 0.717) is 11.8 Å². The van der Waals surface area contributed by atoms with Crippen LogP contribution in [0.4, 0.5) is 0 Å². The number of hydrogen-bond donors (Lipinski definition) is 0. The summed E-state index contributed by atoms with van der Waals surface area (Å²) < 4.78 is 19.0. The highest BCUT2D eigenvalue weighted by atomic mass is 31.2. The van der Waals surface area contributed by atoms with Gasteiger partial charge in [-0.2, -0.15) is 0 Å². The minimum Gasteiger partial charge on any atom is -0.426 e. The van der Waals surface area contributed by atoms with E-state index < -0.39 is 8.60 Å². The molecule has 1 aliphatic heterocycles. The fraction of sp³-hybridized carbons (Fsp3) is 0.778. The van der Waals surface area contributed by atoms with Gasteiger partial charge in [0.15, 0.2) is 0 Å². The molecule has 2 atom stereocenters. The van der Waals surface area contributed by atoms with Crippen LogP contribution in [0, 0.1) is 5.41 Å². The van der Waals surface area contributed by atoms with E-state index >= 15 is 0 Å². The Kier molecular flexibility index (Phi) is 11.3. The van der Waals surface area contributed by atoms with Crippen molar-refractivity contribution in [2.75, 3.05) is 13.2 Å². The number of unbranched alkanes of at least 4 members (excludes halogenated alkanes) is 2. The van der Waals surface area contributed by atoms with Crippen LogP contribution in [-0.4, -0.2) is 13.2 Å². The SMILES string of the molecule is CCCCc1cc(C(C)CC)cc(C(C)CC)c1OP1OCC(CC)(CCCC)CO1. The van der Waals surface area contributed by atoms with Crippen LogP contribution in [0.25, 0.3) is 0 Å². The zero-order chi connectivity index (χ0) is 22.9. The van der Waals surface area contributed by atoms with Gasteiger partial charge in [0.25, 0.3) is 0 Å². The van der Waals surface area contributed by atoms with Crippen LogP contribution in [-0.2, 0) is 15.5 Å². The molecule has 1 aromatic rings. The molecule has 0 saturated carbocycles. The van der Waals surface area contributed by atoms with E-state index in [2.05, 4.69) is 60.6 Å². The minimum absolute atomic E-state index is 0.156. The molecule has 0 radical (unpaired) electrons. The molecule has 0 bridgehead atoms. The van der Waals surface area contributed by atoms with Crippen LogP contribution in [0.1, 0.15) is 128 Å². The summed E-state index contributed by atoms with van der Waals surface area (Å²) in [5.41, 5.74) is 4.27. The summed E-state index contributed by atoms with van der Waals surface area (Å²) in [5.74, 6) is 2.06. The van der Waals surface area contributed by atoms with Gasteiger partial charge in [-0.05, 0) is 67.1 Å². The van der Waals surface area contributed by atoms with Crippen molar-refractivity contribution in [3.63, 3.8) is 0 Å². The molecule has 0 aliphatic carbocycles. The Labute approximate surface area is 193 Å². The molecule has 1 fully saturated rings. The molecule has 3 nitrogen and oxygen atoms in total. The third-order valence-electron chi connectivity index (χ3n) is 7.27. The van der Waals surface area contributed by atoms with Gasteiger partial charge >= 0.3 is 8.60 Å². The second-order valence-electron chi connectivity index (χ2n) is 9.64. The Hall–Kier alpha value is -0.630. The van der Waals surface area contributed by atoms with E-state index in [-0.39, 0.29) is 5.41 Å². The molecule has 1 aliphatic rings. The van der Waals surface area contributed by atoms with Crippen molar-refractivity contribution in [3.05, 3.63) is 28.8 Å². The molecule has 0 spiro atoms. The monoisotopic (exact) mass is 450 g/mol. The molecule has 0 amide bonds. The average Bonchev–Trinajstić information content (AvgIpc) is 2.81. The summed E-state index contributed by atoms with van der Waals surface area (Å²) in [4.78, 5) is 0. The fourth-order valence-electron chi connectivity index (χ4n) is 4.17. The molecule has 4 heteroatoms. The van der Waals surface area contributed by atoms with Crippen molar-refractivity contribution in [3.8, 4) is 5.75 Å². The van der Waals surface area contributed by atoms with E-state index in [1.807, 2.05) is 0 Å². The smallest absolute Gasteiger partial charge is 0.397 e. The van der Waals surface area contributed by atoms with Crippen molar-refractivity contribution in [1.82, 2.24) is 0 Å². The van der Waals surface area contributed by atoms with Gasteiger partial charge in [-0.1, -0.05) is 79.9 Å². The lowest BCUT2D eigenvalue weighted by Crippen LogP contribution is -2.34. The Balaban J connectivity index is 2.29. The molecule has 2 unspecified atom stereocenters. The molecule has 178 valence electrons. The summed E-state index contributed by atoms with van der Waals surface area (Å²) in [6.07, 6.45) is 10.4. The predicted molar refractivity (Wildman–Crippen MR) is 134 cm³/mol. The molecule has 31 heavy (non-hydrogen) atoms. The van der Waals surface area contributed by atoms with Gasteiger partial charge in [0.2, 0.25) is 0 Å². The lowest BCUT2D eigenvalue weighted by Gasteiger charge is -2.38. The first-order valence-electron chi connectivity index (χ1n) is 12.8. The average molecular weight is 451 g/mol. The Morgan fingerprint density at radius 2 is 1.58 bits per heavy atom. The van der Waals surface area contributed by atoms with E-state index in [0.717, 1.165) is 44.6 Å². The summed E-state index contributed by atoms with van der Waals surface area (Å²) in [7, 11) is -1.33. The number of benzene rings is 1. The highest BCUT2D eigenvalue weighted by Crippen LogP contribution is 2.52. The topological polar surface area (TPSA) is 27.7 Å². The highest BCUT2D eigenvalue weighted by molar-refractivity contribution is 7.42. The summed E-state index contributed by atoms with van der Waals surface area (Å²) in [5, 5.41) is 0. The Morgan fingerprint density at radius 1 is 0.935 bits per heavy atom. The maximum absolute atomic E-state index is 6.57. The van der Waals surface area contributed by atoms with Crippen molar-refractivity contribution >= 4 is 8.60 Å². The van der Waals surface area contributed by atoms with Crippen molar-refractivity contribution < 1.29 is 13.6 Å². The Morgan fingerprint density at radius 3 is 2.13 bits per heavy atom. The van der Waals surface area contributed by atoms with Crippen LogP contribution < -0.4 is 4.52 Å². The van der Waals surface area contributed by atoms with Crippen molar-refractivity contribution in [2.24, 2.45) is 5.41 Å². The largest absolute Gasteiger partial charge is 0.426 e. The van der Waals surface area contributed by atoms with Gasteiger partial charge in [-0.15, -0.1) is 0 Å². The first kappa shape index (κ1) is 26.6. The van der Waals surface area contributed by atoms with Crippen LogP contribution in [0.3, 0.4) is 0 Å². The molecule has 1 saturated heterocycles. The van der Waals surface area contributed by atoms with Crippen LogP contribution in [0.2, 0.25) is 0 Å². The zero-order valence-corrected chi connectivity index (χ0v) is 22.2. The zero-order valence-electron chi connectivity index (χ0n) is 21.3. The van der Waals surface area contributed by atoms with E-state index in [1.54, 1.807) is 0 Å². The number of aryl methyl sites for hydroxylation is 1. The van der Waals surface area contributed by atoms with Crippen LogP contribution in [0.15, 0.2) is 12.1 Å². The lowest BCUT2D eigenvalue weighted by atomic mass is 9.82. The maximum atomic E-state index is 6.57. The van der Waals surface area contributed by atoms with Crippen LogP contribution >= 0.6 is 8.60 Å². The maximum Gasteiger partial charge on any atom is 0.397 e. The summed E-state index contributed by atoms with van der Waals surface area (Å²) in [6, 6.07) is 4.78. The molecular formula is C27H47O3P. The molecule has 1 heterocycles. The first-order valence-corrected chi connectivity index (χ1v) is 13.9. The predicted octanol–water partition coefficient (Wildman–Crippen LogP) is 9.30. The number of hydrogen-bond acceptors (Lipinski definition) is 3. The summed E-state index contributed by atoms with van der Waals surface area (Å²) >= 11 is 0. The first-order chi connectivity index (χ1) is 14.9. The third-order valence-corrected chi connectivity index (χ3v) is 8.28. The summed E-state index contributed by atoms with van der Waals surface area (Å²) in [6.45, 7) is 17.5. The van der Waals surface area contributed by atoms with Crippen molar-refractivity contribution in [1.29, 1.82) is 0 Å².